The van der Waals surface area contributed by atoms with Gasteiger partial charge in [0.1, 0.15) is 0 Å². The molecular weight excluding hydrogens is 314 g/mol. The Labute approximate surface area is 120 Å². The molecular formula is C14H13BrClNO. The Morgan fingerprint density at radius 2 is 1.78 bits per heavy atom. The van der Waals surface area contributed by atoms with Gasteiger partial charge in [-0.15, -0.1) is 0 Å². The van der Waals surface area contributed by atoms with Crippen LogP contribution in [0, 0.1) is 0 Å². The van der Waals surface area contributed by atoms with Crippen LogP contribution in [0.4, 0.5) is 5.69 Å². The lowest BCUT2D eigenvalue weighted by Gasteiger charge is -2.06. The molecule has 0 heterocycles. The van der Waals surface area contributed by atoms with Crippen molar-refractivity contribution in [2.24, 2.45) is 0 Å². The van der Waals surface area contributed by atoms with E-state index in [9.17, 15) is 0 Å². The molecule has 94 valence electrons. The van der Waals surface area contributed by atoms with Crippen LogP contribution in [0.25, 0.3) is 0 Å². The van der Waals surface area contributed by atoms with Crippen LogP contribution >= 0.6 is 27.5 Å². The number of benzene rings is 2. The monoisotopic (exact) mass is 325 g/mol. The van der Waals surface area contributed by atoms with Crippen molar-refractivity contribution >= 4 is 33.2 Å². The summed E-state index contributed by atoms with van der Waals surface area (Å²) in [5.41, 5.74) is 8.64. The van der Waals surface area contributed by atoms with E-state index in [0.29, 0.717) is 13.2 Å². The summed E-state index contributed by atoms with van der Waals surface area (Å²) < 4.78 is 6.53. The molecule has 2 aromatic rings. The third-order valence-electron chi connectivity index (χ3n) is 2.49. The fourth-order valence-corrected chi connectivity index (χ4v) is 2.06. The van der Waals surface area contributed by atoms with E-state index in [-0.39, 0.29) is 0 Å². The summed E-state index contributed by atoms with van der Waals surface area (Å²) in [6, 6.07) is 13.5. The number of anilines is 1. The van der Waals surface area contributed by atoms with Crippen LogP contribution in [-0.4, -0.2) is 0 Å². The molecule has 0 fully saturated rings. The average molecular weight is 327 g/mol. The highest BCUT2D eigenvalue weighted by molar-refractivity contribution is 9.10. The molecule has 0 spiro atoms. The van der Waals surface area contributed by atoms with Gasteiger partial charge in [-0.2, -0.15) is 0 Å². The molecule has 2 nitrogen and oxygen atoms in total. The first-order chi connectivity index (χ1) is 8.65. The summed E-state index contributed by atoms with van der Waals surface area (Å²) in [7, 11) is 0. The zero-order valence-corrected chi connectivity index (χ0v) is 12.0. The van der Waals surface area contributed by atoms with E-state index in [0.717, 1.165) is 26.3 Å². The zero-order chi connectivity index (χ0) is 13.0. The third kappa shape index (κ3) is 3.73. The molecule has 0 saturated carbocycles. The minimum Gasteiger partial charge on any atom is -0.398 e. The summed E-state index contributed by atoms with van der Waals surface area (Å²) in [6.45, 7) is 1.07. The first kappa shape index (κ1) is 13.4. The number of nitrogens with two attached hydrogens (primary N) is 1. The predicted octanol–water partition coefficient (Wildman–Crippen LogP) is 4.40. The van der Waals surface area contributed by atoms with Crippen molar-refractivity contribution in [1.29, 1.82) is 0 Å². The van der Waals surface area contributed by atoms with E-state index >= 15 is 0 Å². The SMILES string of the molecule is Nc1cc(COCc2cccc(Cl)c2)ccc1Br. The van der Waals surface area contributed by atoms with E-state index < -0.39 is 0 Å². The smallest absolute Gasteiger partial charge is 0.0722 e. The van der Waals surface area contributed by atoms with Crippen LogP contribution < -0.4 is 5.73 Å². The molecule has 0 aromatic heterocycles. The molecule has 4 heteroatoms. The first-order valence-corrected chi connectivity index (χ1v) is 6.68. The normalized spacial score (nSPS) is 10.6. The van der Waals surface area contributed by atoms with E-state index in [1.165, 1.54) is 0 Å². The Morgan fingerprint density at radius 3 is 2.44 bits per heavy atom. The lowest BCUT2D eigenvalue weighted by atomic mass is 10.2. The maximum absolute atomic E-state index is 5.90. The van der Waals surface area contributed by atoms with Crippen LogP contribution in [0.5, 0.6) is 0 Å². The summed E-state index contributed by atoms with van der Waals surface area (Å²) in [5, 5.41) is 0.726. The Hall–Kier alpha value is -1.03. The summed E-state index contributed by atoms with van der Waals surface area (Å²) >= 11 is 9.26. The molecule has 0 aliphatic heterocycles. The van der Waals surface area contributed by atoms with Crippen LogP contribution in [0.1, 0.15) is 11.1 Å². The van der Waals surface area contributed by atoms with Crippen LogP contribution in [-0.2, 0) is 18.0 Å². The summed E-state index contributed by atoms with van der Waals surface area (Å²) in [4.78, 5) is 0. The number of nitrogen functional groups attached to an aromatic ring is 1. The molecule has 2 N–H and O–H groups in total. The number of hydrogen-bond acceptors (Lipinski definition) is 2. The molecule has 0 aliphatic rings. The van der Waals surface area contributed by atoms with Gasteiger partial charge in [-0.3, -0.25) is 0 Å². The minimum absolute atomic E-state index is 0.532. The van der Waals surface area contributed by atoms with Crippen molar-refractivity contribution in [3.8, 4) is 0 Å². The number of hydrogen-bond donors (Lipinski definition) is 1. The van der Waals surface area contributed by atoms with E-state index in [4.69, 9.17) is 22.1 Å². The van der Waals surface area contributed by atoms with Crippen molar-refractivity contribution in [1.82, 2.24) is 0 Å². The van der Waals surface area contributed by atoms with Crippen LogP contribution in [0.2, 0.25) is 5.02 Å². The summed E-state index contributed by atoms with van der Waals surface area (Å²) in [6.07, 6.45) is 0. The molecule has 0 bridgehead atoms. The molecule has 0 radical (unpaired) electrons. The standard InChI is InChI=1S/C14H13BrClNO/c15-13-5-4-11(7-14(13)17)9-18-8-10-2-1-3-12(16)6-10/h1-7H,8-9,17H2. The summed E-state index contributed by atoms with van der Waals surface area (Å²) in [5.74, 6) is 0. The zero-order valence-electron chi connectivity index (χ0n) is 9.70. The second-order valence-electron chi connectivity index (χ2n) is 3.98. The van der Waals surface area contributed by atoms with Gasteiger partial charge in [-0.25, -0.2) is 0 Å². The lowest BCUT2D eigenvalue weighted by molar-refractivity contribution is 0.107. The lowest BCUT2D eigenvalue weighted by Crippen LogP contribution is -1.96. The van der Waals surface area contributed by atoms with Crippen molar-refractivity contribution in [2.75, 3.05) is 5.73 Å². The topological polar surface area (TPSA) is 35.2 Å². The fraction of sp³-hybridized carbons (Fsp3) is 0.143. The van der Waals surface area contributed by atoms with Gasteiger partial charge in [0.25, 0.3) is 0 Å². The Bertz CT molecular complexity index is 545. The molecule has 0 atom stereocenters. The molecule has 0 saturated heterocycles. The molecule has 0 amide bonds. The van der Waals surface area contributed by atoms with Gasteiger partial charge in [0.2, 0.25) is 0 Å². The van der Waals surface area contributed by atoms with Crippen LogP contribution in [0.3, 0.4) is 0 Å². The molecule has 0 unspecified atom stereocenters. The van der Waals surface area contributed by atoms with Gasteiger partial charge in [0, 0.05) is 15.2 Å². The van der Waals surface area contributed by atoms with E-state index in [1.807, 2.05) is 42.5 Å². The number of ether oxygens (including phenoxy) is 1. The van der Waals surface area contributed by atoms with Gasteiger partial charge >= 0.3 is 0 Å². The van der Waals surface area contributed by atoms with Crippen molar-refractivity contribution < 1.29 is 4.74 Å². The molecule has 0 aliphatic carbocycles. The fourth-order valence-electron chi connectivity index (χ4n) is 1.60. The Morgan fingerprint density at radius 1 is 1.06 bits per heavy atom. The van der Waals surface area contributed by atoms with Gasteiger partial charge in [-0.05, 0) is 51.3 Å². The predicted molar refractivity (Wildman–Crippen MR) is 78.5 cm³/mol. The second-order valence-corrected chi connectivity index (χ2v) is 5.27. The molecule has 18 heavy (non-hydrogen) atoms. The van der Waals surface area contributed by atoms with Gasteiger partial charge in [-0.1, -0.05) is 29.8 Å². The first-order valence-electron chi connectivity index (χ1n) is 5.51. The third-order valence-corrected chi connectivity index (χ3v) is 3.44. The number of rotatable bonds is 4. The van der Waals surface area contributed by atoms with Crippen molar-refractivity contribution in [2.45, 2.75) is 13.2 Å². The molecule has 2 aromatic carbocycles. The number of halogens is 2. The maximum atomic E-state index is 5.90. The van der Waals surface area contributed by atoms with Crippen molar-refractivity contribution in [3.63, 3.8) is 0 Å². The quantitative estimate of drug-likeness (QED) is 0.845. The van der Waals surface area contributed by atoms with E-state index in [1.54, 1.807) is 0 Å². The van der Waals surface area contributed by atoms with Gasteiger partial charge in [0.05, 0.1) is 13.2 Å². The van der Waals surface area contributed by atoms with Crippen LogP contribution in [0.15, 0.2) is 46.9 Å². The average Bonchev–Trinajstić information content (AvgIpc) is 2.34. The highest BCUT2D eigenvalue weighted by atomic mass is 79.9. The highest BCUT2D eigenvalue weighted by Gasteiger charge is 1.99. The Balaban J connectivity index is 1.90. The Kier molecular flexibility index (Phi) is 4.64. The highest BCUT2D eigenvalue weighted by Crippen LogP contribution is 2.21. The minimum atomic E-state index is 0.532. The molecule has 2 rings (SSSR count). The maximum Gasteiger partial charge on any atom is 0.0722 e. The van der Waals surface area contributed by atoms with Crippen molar-refractivity contribution in [3.05, 3.63) is 63.1 Å². The van der Waals surface area contributed by atoms with Gasteiger partial charge in [0.15, 0.2) is 0 Å². The van der Waals surface area contributed by atoms with E-state index in [2.05, 4.69) is 15.9 Å². The largest absolute Gasteiger partial charge is 0.398 e. The van der Waals surface area contributed by atoms with Gasteiger partial charge < -0.3 is 10.5 Å². The second kappa shape index (κ2) is 6.23.